The highest BCUT2D eigenvalue weighted by Gasteiger charge is 2.43. The van der Waals surface area contributed by atoms with Crippen molar-refractivity contribution in [2.24, 2.45) is 0 Å². The summed E-state index contributed by atoms with van der Waals surface area (Å²) >= 11 is 0. The minimum atomic E-state index is -0.884. The van der Waals surface area contributed by atoms with Crippen molar-refractivity contribution in [3.63, 3.8) is 0 Å². The van der Waals surface area contributed by atoms with E-state index in [2.05, 4.69) is 16.4 Å². The van der Waals surface area contributed by atoms with Crippen LogP contribution in [0, 0.1) is 11.3 Å². The second-order valence-corrected chi connectivity index (χ2v) is 11.1. The highest BCUT2D eigenvalue weighted by molar-refractivity contribution is 5.99. The fourth-order valence-electron chi connectivity index (χ4n) is 5.27. The van der Waals surface area contributed by atoms with E-state index in [9.17, 15) is 19.6 Å². The molecule has 11 nitrogen and oxygen atoms in total. The first-order chi connectivity index (χ1) is 18.5. The van der Waals surface area contributed by atoms with E-state index in [4.69, 9.17) is 14.6 Å². The number of rotatable bonds is 6. The lowest BCUT2D eigenvalue weighted by Crippen LogP contribution is -2.47. The number of ether oxygens (including phenoxy) is 2. The fraction of sp³-hybridized carbons (Fsp3) is 0.464. The number of fused-ring (bicyclic) bond motifs is 2. The van der Waals surface area contributed by atoms with E-state index >= 15 is 0 Å². The molecule has 2 aromatic heterocycles. The topological polar surface area (TPSA) is 142 Å². The molecule has 39 heavy (non-hydrogen) atoms. The van der Waals surface area contributed by atoms with Crippen LogP contribution in [0.25, 0.3) is 10.9 Å². The Balaban J connectivity index is 1.48. The Morgan fingerprint density at radius 3 is 2.79 bits per heavy atom. The second-order valence-electron chi connectivity index (χ2n) is 11.1. The van der Waals surface area contributed by atoms with Crippen LogP contribution in [0.5, 0.6) is 0 Å². The third-order valence-electron chi connectivity index (χ3n) is 7.18. The monoisotopic (exact) mass is 532 g/mol. The first-order valence-electron chi connectivity index (χ1n) is 13.1. The predicted octanol–water partition coefficient (Wildman–Crippen LogP) is 3.57. The van der Waals surface area contributed by atoms with Gasteiger partial charge < -0.3 is 24.7 Å². The summed E-state index contributed by atoms with van der Waals surface area (Å²) in [6.45, 7) is 8.55. The molecular weight excluding hydrogens is 500 g/mol. The van der Waals surface area contributed by atoms with Gasteiger partial charge in [0.1, 0.15) is 11.0 Å². The molecule has 204 valence electrons. The highest BCUT2D eigenvalue weighted by Crippen LogP contribution is 2.38. The van der Waals surface area contributed by atoms with Crippen molar-refractivity contribution in [2.45, 2.75) is 70.7 Å². The lowest BCUT2D eigenvalue weighted by molar-refractivity contribution is -0.176. The maximum atomic E-state index is 13.0. The van der Waals surface area contributed by atoms with Crippen molar-refractivity contribution in [3.8, 4) is 6.07 Å². The lowest BCUT2D eigenvalue weighted by Gasteiger charge is -2.39. The number of esters is 1. The zero-order chi connectivity index (χ0) is 27.9. The minimum Gasteiger partial charge on any atom is -0.458 e. The van der Waals surface area contributed by atoms with Gasteiger partial charge in [0.25, 0.3) is 11.5 Å². The summed E-state index contributed by atoms with van der Waals surface area (Å²) in [6.07, 6.45) is 1.65. The molecule has 0 aliphatic carbocycles. The predicted molar refractivity (Wildman–Crippen MR) is 144 cm³/mol. The van der Waals surface area contributed by atoms with Crippen LogP contribution in [-0.4, -0.2) is 56.4 Å². The van der Waals surface area contributed by atoms with E-state index in [1.165, 1.54) is 0 Å². The zero-order valence-electron chi connectivity index (χ0n) is 22.5. The third kappa shape index (κ3) is 4.88. The van der Waals surface area contributed by atoms with Crippen LogP contribution in [0.15, 0.2) is 35.3 Å². The molecular formula is C28H32N6O5. The number of pyridine rings is 1. The van der Waals surface area contributed by atoms with Crippen LogP contribution in [0.1, 0.15) is 62.9 Å². The molecule has 2 aliphatic rings. The molecule has 2 N–H and O–H groups in total. The number of aromatic nitrogens is 3. The maximum Gasteiger partial charge on any atom is 0.335 e. The van der Waals surface area contributed by atoms with Crippen LogP contribution in [0.2, 0.25) is 0 Å². The Bertz CT molecular complexity index is 1530. The summed E-state index contributed by atoms with van der Waals surface area (Å²) in [5.74, 6) is -0.102. The summed E-state index contributed by atoms with van der Waals surface area (Å²) in [5.41, 5.74) is 0.955. The Morgan fingerprint density at radius 2 is 2.13 bits per heavy atom. The fourth-order valence-corrected chi connectivity index (χ4v) is 5.27. The molecule has 2 aliphatic heterocycles. The third-order valence-corrected chi connectivity index (χ3v) is 7.18. The van der Waals surface area contributed by atoms with Gasteiger partial charge in [0.15, 0.2) is 11.9 Å². The molecule has 0 spiro atoms. The number of carbonyl (C=O) groups is 2. The molecule has 1 amide bonds. The Labute approximate surface area is 225 Å². The number of amides is 1. The van der Waals surface area contributed by atoms with Crippen molar-refractivity contribution < 1.29 is 19.1 Å². The van der Waals surface area contributed by atoms with Crippen molar-refractivity contribution in [1.29, 1.82) is 5.26 Å². The van der Waals surface area contributed by atoms with E-state index in [0.717, 1.165) is 5.56 Å². The zero-order valence-corrected chi connectivity index (χ0v) is 22.5. The van der Waals surface area contributed by atoms with Gasteiger partial charge in [-0.2, -0.15) is 10.4 Å². The number of anilines is 2. The van der Waals surface area contributed by atoms with E-state index in [0.29, 0.717) is 53.9 Å². The molecule has 11 heteroatoms. The summed E-state index contributed by atoms with van der Waals surface area (Å²) < 4.78 is 13.1. The standard InChI is InChI=1S/C28H32N6O5/c1-5-33-15-17-14-18(6-7-19(17)25(33)36)31-23-22-20(9-13-30-24(22)35)34(32-23)28(11-12-29)10-8-21(38-16-28)26(37)39-27(2,3)4/h6-7,9,13-14,21H,5,8,10-11,15-16H2,1-4H3,(H,30,35)(H,31,32)/t21-,28-/m0/s1. The first kappa shape index (κ1) is 26.4. The van der Waals surface area contributed by atoms with Gasteiger partial charge in [0.05, 0.1) is 30.2 Å². The summed E-state index contributed by atoms with van der Waals surface area (Å²) in [7, 11) is 0. The van der Waals surface area contributed by atoms with E-state index in [1.807, 2.05) is 13.0 Å². The van der Waals surface area contributed by atoms with Gasteiger partial charge in [0.2, 0.25) is 0 Å². The molecule has 0 radical (unpaired) electrons. The number of nitriles is 1. The quantitative estimate of drug-likeness (QED) is 0.459. The van der Waals surface area contributed by atoms with Crippen LogP contribution >= 0.6 is 0 Å². The number of nitrogens with zero attached hydrogens (tertiary/aromatic N) is 4. The van der Waals surface area contributed by atoms with E-state index in [-0.39, 0.29) is 24.5 Å². The SMILES string of the molecule is CCN1Cc2cc(Nc3nn([C@]4(CC#N)CC[C@@H](C(=O)OC(C)(C)C)OC4)c4cc[nH]c(=O)c34)ccc2C1=O. The molecule has 0 unspecified atom stereocenters. The molecule has 1 fully saturated rings. The Hall–Kier alpha value is -4.17. The van der Waals surface area contributed by atoms with Gasteiger partial charge in [0, 0.05) is 30.5 Å². The summed E-state index contributed by atoms with van der Waals surface area (Å²) in [4.78, 5) is 42.6. The maximum absolute atomic E-state index is 13.0. The van der Waals surface area contributed by atoms with Crippen LogP contribution in [0.4, 0.5) is 11.5 Å². The smallest absolute Gasteiger partial charge is 0.335 e. The highest BCUT2D eigenvalue weighted by atomic mass is 16.6. The number of hydrogen-bond donors (Lipinski definition) is 2. The number of nitrogens with one attached hydrogen (secondary N) is 2. The molecule has 5 rings (SSSR count). The van der Waals surface area contributed by atoms with Crippen molar-refractivity contribution in [1.82, 2.24) is 19.7 Å². The molecule has 3 aromatic rings. The van der Waals surface area contributed by atoms with Crippen molar-refractivity contribution in [2.75, 3.05) is 18.5 Å². The van der Waals surface area contributed by atoms with Gasteiger partial charge >= 0.3 is 5.97 Å². The molecule has 1 aromatic carbocycles. The minimum absolute atomic E-state index is 0.00523. The van der Waals surface area contributed by atoms with Gasteiger partial charge in [-0.3, -0.25) is 14.3 Å². The second kappa shape index (κ2) is 9.85. The van der Waals surface area contributed by atoms with Gasteiger partial charge in [-0.25, -0.2) is 4.79 Å². The van der Waals surface area contributed by atoms with Gasteiger partial charge in [-0.1, -0.05) is 0 Å². The largest absolute Gasteiger partial charge is 0.458 e. The van der Waals surface area contributed by atoms with Crippen molar-refractivity contribution in [3.05, 3.63) is 51.9 Å². The number of hydrogen-bond acceptors (Lipinski definition) is 8. The molecule has 0 saturated carbocycles. The summed E-state index contributed by atoms with van der Waals surface area (Å²) in [6, 6.07) is 9.45. The average molecular weight is 533 g/mol. The van der Waals surface area contributed by atoms with Gasteiger partial charge in [-0.05, 0) is 70.4 Å². The van der Waals surface area contributed by atoms with Crippen LogP contribution in [-0.2, 0) is 26.4 Å². The number of H-pyrrole nitrogens is 1. The van der Waals surface area contributed by atoms with Crippen LogP contribution < -0.4 is 10.9 Å². The number of carbonyl (C=O) groups excluding carboxylic acids is 2. The first-order valence-corrected chi connectivity index (χ1v) is 13.1. The Kier molecular flexibility index (Phi) is 6.68. The Morgan fingerprint density at radius 1 is 1.33 bits per heavy atom. The summed E-state index contributed by atoms with van der Waals surface area (Å²) in [5, 5.41) is 18.1. The normalized spacial score (nSPS) is 21.1. The lowest BCUT2D eigenvalue weighted by atomic mass is 9.87. The average Bonchev–Trinajstić information content (AvgIpc) is 3.42. The van der Waals surface area contributed by atoms with E-state index in [1.54, 1.807) is 54.7 Å². The van der Waals surface area contributed by atoms with Crippen LogP contribution in [0.3, 0.4) is 0 Å². The van der Waals surface area contributed by atoms with Gasteiger partial charge in [-0.15, -0.1) is 0 Å². The number of aromatic amines is 1. The number of benzene rings is 1. The molecule has 2 atom stereocenters. The van der Waals surface area contributed by atoms with E-state index < -0.39 is 23.2 Å². The molecule has 1 saturated heterocycles. The van der Waals surface area contributed by atoms with Crippen molar-refractivity contribution >= 4 is 34.3 Å². The molecule has 4 heterocycles. The molecule has 0 bridgehead atoms.